The molecule has 0 radical (unpaired) electrons. The lowest BCUT2D eigenvalue weighted by Crippen LogP contribution is -2.34. The van der Waals surface area contributed by atoms with E-state index in [1.807, 2.05) is 6.92 Å². The molecule has 1 aliphatic rings. The zero-order valence-corrected chi connectivity index (χ0v) is 9.46. The van der Waals surface area contributed by atoms with E-state index in [2.05, 4.69) is 26.0 Å². The van der Waals surface area contributed by atoms with Crippen LogP contribution in [-0.2, 0) is 4.79 Å². The van der Waals surface area contributed by atoms with Crippen LogP contribution in [0, 0.1) is 20.8 Å². The minimum atomic E-state index is 0.108. The molecule has 0 aliphatic heterocycles. The first-order valence-electron chi connectivity index (χ1n) is 5.33. The lowest BCUT2D eigenvalue weighted by atomic mass is 9.94. The van der Waals surface area contributed by atoms with Gasteiger partial charge in [0.2, 0.25) is 0 Å². The molecule has 80 valence electrons. The van der Waals surface area contributed by atoms with Gasteiger partial charge in [0.1, 0.15) is 17.6 Å². The highest BCUT2D eigenvalue weighted by molar-refractivity contribution is 5.85. The van der Waals surface area contributed by atoms with Crippen LogP contribution in [0.3, 0.4) is 0 Å². The van der Waals surface area contributed by atoms with E-state index in [4.69, 9.17) is 4.74 Å². The van der Waals surface area contributed by atoms with E-state index in [-0.39, 0.29) is 6.10 Å². The van der Waals surface area contributed by atoms with Crippen LogP contribution in [0.15, 0.2) is 12.1 Å². The van der Waals surface area contributed by atoms with Gasteiger partial charge in [-0.1, -0.05) is 12.1 Å². The number of carbonyl (C=O) groups excluding carboxylic acids is 1. The molecule has 1 aromatic carbocycles. The van der Waals surface area contributed by atoms with Crippen molar-refractivity contribution in [1.82, 2.24) is 0 Å². The van der Waals surface area contributed by atoms with Gasteiger partial charge >= 0.3 is 0 Å². The van der Waals surface area contributed by atoms with Gasteiger partial charge in [0, 0.05) is 12.8 Å². The summed E-state index contributed by atoms with van der Waals surface area (Å²) in [6.45, 7) is 6.19. The molecular weight excluding hydrogens is 188 g/mol. The first kappa shape index (κ1) is 10.2. The third kappa shape index (κ3) is 1.89. The van der Waals surface area contributed by atoms with Crippen molar-refractivity contribution in [3.8, 4) is 5.75 Å². The molecule has 2 rings (SSSR count). The average Bonchev–Trinajstić information content (AvgIpc) is 2.15. The summed E-state index contributed by atoms with van der Waals surface area (Å²) in [6.07, 6.45) is 1.26. The SMILES string of the molecule is Cc1ccc(C)c(OC2CC(=O)C2)c1C. The molecule has 1 saturated carbocycles. The summed E-state index contributed by atoms with van der Waals surface area (Å²) in [4.78, 5) is 10.9. The van der Waals surface area contributed by atoms with Crippen LogP contribution in [-0.4, -0.2) is 11.9 Å². The highest BCUT2D eigenvalue weighted by atomic mass is 16.5. The second-order valence-electron chi connectivity index (χ2n) is 4.34. The van der Waals surface area contributed by atoms with Crippen molar-refractivity contribution >= 4 is 5.78 Å². The van der Waals surface area contributed by atoms with Crippen LogP contribution >= 0.6 is 0 Å². The molecule has 0 saturated heterocycles. The van der Waals surface area contributed by atoms with Gasteiger partial charge in [0.25, 0.3) is 0 Å². The topological polar surface area (TPSA) is 26.3 Å². The predicted octanol–water partition coefficient (Wildman–Crippen LogP) is 2.72. The minimum Gasteiger partial charge on any atom is -0.489 e. The largest absolute Gasteiger partial charge is 0.489 e. The van der Waals surface area contributed by atoms with E-state index in [0.29, 0.717) is 18.6 Å². The third-order valence-corrected chi connectivity index (χ3v) is 3.07. The van der Waals surface area contributed by atoms with E-state index < -0.39 is 0 Å². The molecule has 15 heavy (non-hydrogen) atoms. The molecule has 0 amide bonds. The molecular formula is C13H16O2. The second-order valence-corrected chi connectivity index (χ2v) is 4.34. The van der Waals surface area contributed by atoms with Gasteiger partial charge in [0.05, 0.1) is 0 Å². The molecule has 1 fully saturated rings. The van der Waals surface area contributed by atoms with Crippen LogP contribution in [0.4, 0.5) is 0 Å². The first-order chi connectivity index (χ1) is 7.08. The summed E-state index contributed by atoms with van der Waals surface area (Å²) in [7, 11) is 0. The number of Topliss-reactive ketones (excluding diaryl/α,β-unsaturated/α-hetero) is 1. The summed E-state index contributed by atoms with van der Waals surface area (Å²) >= 11 is 0. The Morgan fingerprint density at radius 1 is 1.13 bits per heavy atom. The molecule has 0 aromatic heterocycles. The van der Waals surface area contributed by atoms with Gasteiger partial charge in [-0.3, -0.25) is 4.79 Å². The van der Waals surface area contributed by atoms with E-state index in [1.54, 1.807) is 0 Å². The summed E-state index contributed by atoms with van der Waals surface area (Å²) < 4.78 is 5.84. The first-order valence-corrected chi connectivity index (χ1v) is 5.33. The van der Waals surface area contributed by atoms with Gasteiger partial charge in [-0.15, -0.1) is 0 Å². The highest BCUT2D eigenvalue weighted by Crippen LogP contribution is 2.30. The number of ketones is 1. The fourth-order valence-corrected chi connectivity index (χ4v) is 1.80. The summed E-state index contributed by atoms with van der Waals surface area (Å²) in [5.41, 5.74) is 3.58. The number of hydrogen-bond donors (Lipinski definition) is 0. The van der Waals surface area contributed by atoms with Gasteiger partial charge < -0.3 is 4.74 Å². The van der Waals surface area contributed by atoms with E-state index in [1.165, 1.54) is 11.1 Å². The lowest BCUT2D eigenvalue weighted by Gasteiger charge is -2.27. The molecule has 1 aliphatic carbocycles. The molecule has 0 heterocycles. The minimum absolute atomic E-state index is 0.108. The van der Waals surface area contributed by atoms with Gasteiger partial charge in [-0.05, 0) is 37.5 Å². The molecule has 2 nitrogen and oxygen atoms in total. The van der Waals surface area contributed by atoms with Crippen molar-refractivity contribution in [3.05, 3.63) is 28.8 Å². The highest BCUT2D eigenvalue weighted by Gasteiger charge is 2.29. The van der Waals surface area contributed by atoms with E-state index in [0.717, 1.165) is 11.3 Å². The molecule has 2 heteroatoms. The number of benzene rings is 1. The maximum absolute atomic E-state index is 10.9. The van der Waals surface area contributed by atoms with Crippen molar-refractivity contribution in [2.45, 2.75) is 39.7 Å². The Kier molecular flexibility index (Phi) is 2.51. The van der Waals surface area contributed by atoms with Crippen molar-refractivity contribution < 1.29 is 9.53 Å². The van der Waals surface area contributed by atoms with Crippen molar-refractivity contribution in [1.29, 1.82) is 0 Å². The predicted molar refractivity (Wildman–Crippen MR) is 59.3 cm³/mol. The number of carbonyl (C=O) groups is 1. The molecule has 0 N–H and O–H groups in total. The molecule has 0 spiro atoms. The maximum Gasteiger partial charge on any atom is 0.140 e. The van der Waals surface area contributed by atoms with Crippen LogP contribution in [0.1, 0.15) is 29.5 Å². The van der Waals surface area contributed by atoms with Crippen LogP contribution in [0.5, 0.6) is 5.75 Å². The van der Waals surface area contributed by atoms with Crippen LogP contribution < -0.4 is 4.74 Å². The molecule has 0 atom stereocenters. The zero-order valence-electron chi connectivity index (χ0n) is 9.46. The second kappa shape index (κ2) is 3.69. The molecule has 0 bridgehead atoms. The van der Waals surface area contributed by atoms with Crippen molar-refractivity contribution in [3.63, 3.8) is 0 Å². The Bertz CT molecular complexity index is 399. The molecule has 1 aromatic rings. The quantitative estimate of drug-likeness (QED) is 0.740. The Morgan fingerprint density at radius 2 is 1.73 bits per heavy atom. The number of hydrogen-bond acceptors (Lipinski definition) is 2. The van der Waals surface area contributed by atoms with Crippen LogP contribution in [0.25, 0.3) is 0 Å². The average molecular weight is 204 g/mol. The molecule has 0 unspecified atom stereocenters. The Labute approximate surface area is 90.3 Å². The number of rotatable bonds is 2. The summed E-state index contributed by atoms with van der Waals surface area (Å²) in [5.74, 6) is 1.27. The standard InChI is InChI=1S/C13H16O2/c1-8-4-5-9(2)13(10(8)3)15-12-6-11(14)7-12/h4-5,12H,6-7H2,1-3H3. The maximum atomic E-state index is 10.9. The fraction of sp³-hybridized carbons (Fsp3) is 0.462. The Hall–Kier alpha value is -1.31. The van der Waals surface area contributed by atoms with Crippen LogP contribution in [0.2, 0.25) is 0 Å². The number of aryl methyl sites for hydroxylation is 2. The van der Waals surface area contributed by atoms with E-state index in [9.17, 15) is 4.79 Å². The lowest BCUT2D eigenvalue weighted by molar-refractivity contribution is -0.129. The fourth-order valence-electron chi connectivity index (χ4n) is 1.80. The summed E-state index contributed by atoms with van der Waals surface area (Å²) in [5, 5.41) is 0. The monoisotopic (exact) mass is 204 g/mol. The Balaban J connectivity index is 2.20. The Morgan fingerprint density at radius 3 is 2.33 bits per heavy atom. The van der Waals surface area contributed by atoms with Crippen molar-refractivity contribution in [2.24, 2.45) is 0 Å². The van der Waals surface area contributed by atoms with Gasteiger partial charge in [0.15, 0.2) is 0 Å². The smallest absolute Gasteiger partial charge is 0.140 e. The van der Waals surface area contributed by atoms with Gasteiger partial charge in [-0.2, -0.15) is 0 Å². The third-order valence-electron chi connectivity index (χ3n) is 3.07. The van der Waals surface area contributed by atoms with E-state index >= 15 is 0 Å². The zero-order chi connectivity index (χ0) is 11.0. The van der Waals surface area contributed by atoms with Crippen molar-refractivity contribution in [2.75, 3.05) is 0 Å². The summed E-state index contributed by atoms with van der Waals surface area (Å²) in [6, 6.07) is 4.17. The van der Waals surface area contributed by atoms with Gasteiger partial charge in [-0.25, -0.2) is 0 Å². The normalized spacial score (nSPS) is 16.3. The number of ether oxygens (including phenoxy) is 1.